The zero-order valence-corrected chi connectivity index (χ0v) is 33.0. The van der Waals surface area contributed by atoms with Gasteiger partial charge < -0.3 is 0 Å². The molecule has 0 bridgehead atoms. The first-order valence-electron chi connectivity index (χ1n) is 21.2. The van der Waals surface area contributed by atoms with Gasteiger partial charge >= 0.3 is 0 Å². The molecule has 0 fully saturated rings. The van der Waals surface area contributed by atoms with E-state index < -0.39 is 0 Å². The molecule has 0 N–H and O–H groups in total. The summed E-state index contributed by atoms with van der Waals surface area (Å²) in [6, 6.07) is 0. The lowest BCUT2D eigenvalue weighted by Gasteiger charge is -2.04. The van der Waals surface area contributed by atoms with E-state index in [1.54, 1.807) is 16.5 Å². The van der Waals surface area contributed by atoms with Gasteiger partial charge in [-0.3, -0.25) is 0 Å². The Hall–Kier alpha value is 0.860. The topological polar surface area (TPSA) is 0 Å². The van der Waals surface area contributed by atoms with Crippen molar-refractivity contribution in [2.45, 2.75) is 258 Å². The van der Waals surface area contributed by atoms with Crippen LogP contribution in [0, 0.1) is 0 Å². The van der Waals surface area contributed by atoms with Gasteiger partial charge in [0.25, 0.3) is 0 Å². The van der Waals surface area contributed by atoms with E-state index in [1.807, 2.05) is 0 Å². The van der Waals surface area contributed by atoms with Crippen molar-refractivity contribution < 1.29 is 0 Å². The van der Waals surface area contributed by atoms with Gasteiger partial charge in [-0.2, -0.15) is 0 Å². The van der Waals surface area contributed by atoms with Crippen LogP contribution in [0.1, 0.15) is 258 Å². The number of unbranched alkanes of at least 4 members (excludes halogenated alkanes) is 36. The van der Waals surface area contributed by atoms with Gasteiger partial charge in [0, 0.05) is 0 Å². The molecule has 0 aromatic carbocycles. The molecule has 2 heteroatoms. The molecular weight excluding hydrogens is 566 g/mol. The van der Waals surface area contributed by atoms with Crippen molar-refractivity contribution in [1.82, 2.24) is 0 Å². The standard InChI is InChI=1S/C42H86P2/c1-3-5-7-9-11-13-15-17-19-21-23-25-27-29-31-33-35-37-39-41-43-44-42-40-38-36-34-32-30-28-26-24-22-20-18-16-14-12-10-8-6-4-2/h3-42H2,1-2H3. The van der Waals surface area contributed by atoms with Crippen LogP contribution in [0.3, 0.4) is 0 Å². The minimum atomic E-state index is 1.37. The van der Waals surface area contributed by atoms with Crippen LogP contribution in [0.2, 0.25) is 0 Å². The fourth-order valence-corrected chi connectivity index (χ4v) is 9.37. The molecule has 44 heavy (non-hydrogen) atoms. The Bertz CT molecular complexity index is 423. The van der Waals surface area contributed by atoms with E-state index in [-0.39, 0.29) is 0 Å². The van der Waals surface area contributed by atoms with Gasteiger partial charge in [-0.25, -0.2) is 0 Å². The Morgan fingerprint density at radius 3 is 0.477 bits per heavy atom. The van der Waals surface area contributed by atoms with Gasteiger partial charge in [0.05, 0.1) is 0 Å². The molecule has 0 atom stereocenters. The minimum Gasteiger partial charge on any atom is -0.0654 e. The molecule has 0 heterocycles. The molecule has 0 aliphatic rings. The molecule has 0 aromatic rings. The van der Waals surface area contributed by atoms with Crippen LogP contribution in [0.15, 0.2) is 0 Å². The molecule has 0 spiro atoms. The highest BCUT2D eigenvalue weighted by Gasteiger charge is 1.98. The molecule has 0 rings (SSSR count). The predicted molar refractivity (Wildman–Crippen MR) is 210 cm³/mol. The van der Waals surface area contributed by atoms with Crippen LogP contribution in [0.25, 0.3) is 0 Å². The van der Waals surface area contributed by atoms with Crippen LogP contribution < -0.4 is 0 Å². The van der Waals surface area contributed by atoms with Crippen LogP contribution in [-0.4, -0.2) is 12.3 Å². The summed E-state index contributed by atoms with van der Waals surface area (Å²) >= 11 is 0. The third-order valence-corrected chi connectivity index (χ3v) is 12.9. The summed E-state index contributed by atoms with van der Waals surface area (Å²) in [5.41, 5.74) is 0. The van der Waals surface area contributed by atoms with Crippen molar-refractivity contribution in [3.8, 4) is 0 Å². The van der Waals surface area contributed by atoms with E-state index in [4.69, 9.17) is 0 Å². The number of rotatable bonds is 41. The summed E-state index contributed by atoms with van der Waals surface area (Å²) in [7, 11) is 3.43. The maximum Gasteiger partial charge on any atom is -0.0242 e. The monoisotopic (exact) mass is 653 g/mol. The quantitative estimate of drug-likeness (QED) is 0.0455. The molecule has 0 aromatic heterocycles. The van der Waals surface area contributed by atoms with E-state index in [0.29, 0.717) is 0 Å². The van der Waals surface area contributed by atoms with E-state index in [2.05, 4.69) is 13.8 Å². The minimum absolute atomic E-state index is 1.37. The van der Waals surface area contributed by atoms with Gasteiger partial charge in [-0.1, -0.05) is 245 Å². The maximum absolute atomic E-state index is 2.31. The first kappa shape index (κ1) is 44.9. The van der Waals surface area contributed by atoms with Gasteiger partial charge in [-0.05, 0) is 41.7 Å². The van der Waals surface area contributed by atoms with Gasteiger partial charge in [0.2, 0.25) is 0 Å². The van der Waals surface area contributed by atoms with Crippen molar-refractivity contribution in [3.05, 3.63) is 0 Å². The Morgan fingerprint density at radius 2 is 0.318 bits per heavy atom. The second kappa shape index (κ2) is 43.9. The van der Waals surface area contributed by atoms with E-state index >= 15 is 0 Å². The lowest BCUT2D eigenvalue weighted by Crippen LogP contribution is -1.84. The lowest BCUT2D eigenvalue weighted by molar-refractivity contribution is 0.524. The zero-order chi connectivity index (χ0) is 31.7. The number of hydrogen-bond acceptors (Lipinski definition) is 0. The predicted octanol–water partition coefficient (Wildman–Crippen LogP) is 17.7. The summed E-state index contributed by atoms with van der Waals surface area (Å²) in [4.78, 5) is 0. The summed E-state index contributed by atoms with van der Waals surface area (Å²) in [5, 5.41) is 0. The SMILES string of the molecule is CCCCCCCCCCCCCCCCCCCCC[P][P]CCCCCCCCCCCCCCCCCCCCC. The lowest BCUT2D eigenvalue weighted by atomic mass is 10.0. The van der Waals surface area contributed by atoms with Crippen molar-refractivity contribution in [2.75, 3.05) is 12.3 Å². The Labute approximate surface area is 285 Å². The van der Waals surface area contributed by atoms with Crippen LogP contribution >= 0.6 is 16.5 Å². The van der Waals surface area contributed by atoms with E-state index in [0.717, 1.165) is 0 Å². The van der Waals surface area contributed by atoms with E-state index in [1.165, 1.54) is 256 Å². The van der Waals surface area contributed by atoms with Gasteiger partial charge in [0.15, 0.2) is 0 Å². The highest BCUT2D eigenvalue weighted by molar-refractivity contribution is 8.11. The van der Waals surface area contributed by atoms with Crippen molar-refractivity contribution >= 4 is 16.5 Å². The molecule has 0 aliphatic heterocycles. The Morgan fingerprint density at radius 1 is 0.182 bits per heavy atom. The molecule has 0 unspecified atom stereocenters. The average molecular weight is 653 g/mol. The smallest absolute Gasteiger partial charge is 0.0242 e. The van der Waals surface area contributed by atoms with Crippen molar-refractivity contribution in [2.24, 2.45) is 0 Å². The highest BCUT2D eigenvalue weighted by Crippen LogP contribution is 2.38. The van der Waals surface area contributed by atoms with Crippen LogP contribution in [0.4, 0.5) is 0 Å². The molecule has 0 amide bonds. The summed E-state index contributed by atoms with van der Waals surface area (Å²) in [6.45, 7) is 4.62. The van der Waals surface area contributed by atoms with Crippen LogP contribution in [0.5, 0.6) is 0 Å². The second-order valence-corrected chi connectivity index (χ2v) is 17.6. The summed E-state index contributed by atoms with van der Waals surface area (Å²) in [6.07, 6.45) is 59.2. The molecule has 264 valence electrons. The van der Waals surface area contributed by atoms with Crippen LogP contribution in [-0.2, 0) is 0 Å². The number of hydrogen-bond donors (Lipinski definition) is 0. The fourth-order valence-electron chi connectivity index (χ4n) is 6.66. The summed E-state index contributed by atoms with van der Waals surface area (Å²) < 4.78 is 0. The first-order valence-corrected chi connectivity index (χ1v) is 24.1. The largest absolute Gasteiger partial charge is 0.0654 e. The highest BCUT2D eigenvalue weighted by atomic mass is 32.0. The Kier molecular flexibility index (Phi) is 44.7. The molecule has 2 radical (unpaired) electrons. The molecular formula is C42H86P2. The first-order chi connectivity index (χ1) is 21.9. The molecule has 0 saturated carbocycles. The summed E-state index contributed by atoms with van der Waals surface area (Å²) in [5.74, 6) is 0. The second-order valence-electron chi connectivity index (χ2n) is 14.5. The maximum atomic E-state index is 2.31. The van der Waals surface area contributed by atoms with Crippen molar-refractivity contribution in [1.29, 1.82) is 0 Å². The molecule has 0 aliphatic carbocycles. The third-order valence-electron chi connectivity index (χ3n) is 9.82. The van der Waals surface area contributed by atoms with E-state index in [9.17, 15) is 0 Å². The normalized spacial score (nSPS) is 12.1. The molecule has 0 saturated heterocycles. The van der Waals surface area contributed by atoms with Crippen molar-refractivity contribution in [3.63, 3.8) is 0 Å². The van der Waals surface area contributed by atoms with Gasteiger partial charge in [-0.15, -0.1) is 0 Å². The fraction of sp³-hybridized carbons (Fsp3) is 1.00. The Balaban J connectivity index is 3.03. The zero-order valence-electron chi connectivity index (χ0n) is 31.2. The molecule has 0 nitrogen and oxygen atoms in total. The van der Waals surface area contributed by atoms with Gasteiger partial charge in [0.1, 0.15) is 0 Å². The average Bonchev–Trinajstić information content (AvgIpc) is 3.04. The third kappa shape index (κ3) is 42.9.